The summed E-state index contributed by atoms with van der Waals surface area (Å²) in [6.45, 7) is 2.99. The number of thiophene rings is 2. The van der Waals surface area contributed by atoms with Gasteiger partial charge in [0.05, 0.1) is 12.3 Å². The van der Waals surface area contributed by atoms with E-state index in [0.717, 1.165) is 12.3 Å². The summed E-state index contributed by atoms with van der Waals surface area (Å²) < 4.78 is 5.39. The second kappa shape index (κ2) is 5.74. The van der Waals surface area contributed by atoms with Crippen LogP contribution in [0.4, 0.5) is 0 Å². The minimum Gasteiger partial charge on any atom is -0.468 e. The van der Waals surface area contributed by atoms with Crippen molar-refractivity contribution in [1.29, 1.82) is 0 Å². The molecule has 19 heavy (non-hydrogen) atoms. The lowest BCUT2D eigenvalue weighted by Gasteiger charge is -2.09. The third-order valence-corrected chi connectivity index (χ3v) is 4.87. The van der Waals surface area contributed by atoms with Gasteiger partial charge in [0.2, 0.25) is 0 Å². The summed E-state index contributed by atoms with van der Waals surface area (Å²) in [5.41, 5.74) is 1.32. The van der Waals surface area contributed by atoms with Gasteiger partial charge in [0.1, 0.15) is 5.76 Å². The molecule has 3 aromatic heterocycles. The van der Waals surface area contributed by atoms with Gasteiger partial charge in [-0.25, -0.2) is 0 Å². The summed E-state index contributed by atoms with van der Waals surface area (Å²) in [6, 6.07) is 10.7. The van der Waals surface area contributed by atoms with E-state index in [1.807, 2.05) is 12.1 Å². The molecular weight excluding hydrogens is 274 g/mol. The summed E-state index contributed by atoms with van der Waals surface area (Å²) in [5.74, 6) is 0.982. The molecule has 1 atom stereocenters. The van der Waals surface area contributed by atoms with E-state index in [9.17, 15) is 0 Å². The standard InChI is InChI=1S/C15H15NOS2/c1-11(14-4-2-6-17-14)16-9-13-8-12(10-19-13)15-5-3-7-18-15/h2-8,10-11,16H,9H2,1H3/t11-/m1/s1. The fraction of sp³-hybridized carbons (Fsp3) is 0.200. The Labute approximate surface area is 120 Å². The van der Waals surface area contributed by atoms with Crippen molar-refractivity contribution in [1.82, 2.24) is 5.32 Å². The van der Waals surface area contributed by atoms with Gasteiger partial charge in [-0.05, 0) is 41.9 Å². The second-order valence-corrected chi connectivity index (χ2v) is 6.34. The van der Waals surface area contributed by atoms with Crippen molar-refractivity contribution >= 4 is 22.7 Å². The summed E-state index contributed by atoms with van der Waals surface area (Å²) >= 11 is 3.58. The van der Waals surface area contributed by atoms with E-state index in [-0.39, 0.29) is 6.04 Å². The molecule has 3 heterocycles. The molecule has 0 saturated carbocycles. The lowest BCUT2D eigenvalue weighted by Crippen LogP contribution is -2.16. The molecule has 3 rings (SSSR count). The molecule has 3 aromatic rings. The van der Waals surface area contributed by atoms with E-state index in [1.54, 1.807) is 28.9 Å². The Hall–Kier alpha value is -1.36. The quantitative estimate of drug-likeness (QED) is 0.721. The van der Waals surface area contributed by atoms with Crippen molar-refractivity contribution in [3.05, 3.63) is 58.0 Å². The summed E-state index contributed by atoms with van der Waals surface area (Å²) in [6.07, 6.45) is 1.72. The fourth-order valence-corrected chi connectivity index (χ4v) is 3.56. The molecule has 0 saturated heterocycles. The SMILES string of the molecule is C[C@@H](NCc1cc(-c2cccs2)cs1)c1ccco1. The molecule has 0 radical (unpaired) electrons. The van der Waals surface area contributed by atoms with Gasteiger partial charge in [-0.15, -0.1) is 22.7 Å². The maximum Gasteiger partial charge on any atom is 0.120 e. The normalized spacial score (nSPS) is 12.7. The van der Waals surface area contributed by atoms with E-state index in [0.29, 0.717) is 0 Å². The molecule has 0 unspecified atom stereocenters. The molecule has 2 nitrogen and oxygen atoms in total. The maximum atomic E-state index is 5.39. The first-order valence-corrected chi connectivity index (χ1v) is 7.97. The fourth-order valence-electron chi connectivity index (χ4n) is 1.94. The van der Waals surface area contributed by atoms with E-state index >= 15 is 0 Å². The zero-order valence-electron chi connectivity index (χ0n) is 10.6. The summed E-state index contributed by atoms with van der Waals surface area (Å²) in [7, 11) is 0. The number of rotatable bonds is 5. The molecule has 0 fully saturated rings. The third kappa shape index (κ3) is 2.97. The van der Waals surface area contributed by atoms with Crippen LogP contribution in [0.5, 0.6) is 0 Å². The first kappa shape index (κ1) is 12.7. The van der Waals surface area contributed by atoms with Gasteiger partial charge in [-0.1, -0.05) is 6.07 Å². The Balaban J connectivity index is 1.62. The van der Waals surface area contributed by atoms with Gasteiger partial charge in [0.25, 0.3) is 0 Å². The molecule has 98 valence electrons. The minimum atomic E-state index is 0.238. The zero-order valence-corrected chi connectivity index (χ0v) is 12.3. The van der Waals surface area contributed by atoms with Crippen molar-refractivity contribution in [2.75, 3.05) is 0 Å². The maximum absolute atomic E-state index is 5.39. The van der Waals surface area contributed by atoms with E-state index in [1.165, 1.54) is 15.3 Å². The Kier molecular flexibility index (Phi) is 3.82. The van der Waals surface area contributed by atoms with Crippen LogP contribution in [0.3, 0.4) is 0 Å². The van der Waals surface area contributed by atoms with Crippen LogP contribution < -0.4 is 5.32 Å². The number of hydrogen-bond acceptors (Lipinski definition) is 4. The van der Waals surface area contributed by atoms with Crippen molar-refractivity contribution in [3.8, 4) is 10.4 Å². The molecule has 0 aliphatic heterocycles. The highest BCUT2D eigenvalue weighted by molar-refractivity contribution is 7.14. The largest absolute Gasteiger partial charge is 0.468 e. The molecule has 0 amide bonds. The first-order valence-electron chi connectivity index (χ1n) is 6.21. The van der Waals surface area contributed by atoms with Crippen LogP contribution in [-0.2, 0) is 6.54 Å². The minimum absolute atomic E-state index is 0.238. The van der Waals surface area contributed by atoms with Gasteiger partial charge < -0.3 is 9.73 Å². The summed E-state index contributed by atoms with van der Waals surface area (Å²) in [4.78, 5) is 2.68. The number of furan rings is 1. The highest BCUT2D eigenvalue weighted by Gasteiger charge is 2.08. The highest BCUT2D eigenvalue weighted by Crippen LogP contribution is 2.29. The monoisotopic (exact) mass is 289 g/mol. The van der Waals surface area contributed by atoms with E-state index < -0.39 is 0 Å². The predicted molar refractivity (Wildman–Crippen MR) is 81.6 cm³/mol. The van der Waals surface area contributed by atoms with Crippen LogP contribution in [-0.4, -0.2) is 0 Å². The highest BCUT2D eigenvalue weighted by atomic mass is 32.1. The van der Waals surface area contributed by atoms with Crippen LogP contribution in [0.25, 0.3) is 10.4 Å². The van der Waals surface area contributed by atoms with Crippen molar-refractivity contribution < 1.29 is 4.42 Å². The summed E-state index contributed by atoms with van der Waals surface area (Å²) in [5, 5.41) is 7.82. The Bertz CT molecular complexity index is 610. The Morgan fingerprint density at radius 1 is 1.26 bits per heavy atom. The van der Waals surface area contributed by atoms with E-state index in [4.69, 9.17) is 4.42 Å². The molecular formula is C15H15NOS2. The molecule has 0 spiro atoms. The van der Waals surface area contributed by atoms with Crippen LogP contribution in [0.1, 0.15) is 23.6 Å². The van der Waals surface area contributed by atoms with Crippen LogP contribution in [0.15, 0.2) is 51.8 Å². The van der Waals surface area contributed by atoms with E-state index in [2.05, 4.69) is 41.2 Å². The molecule has 0 aromatic carbocycles. The van der Waals surface area contributed by atoms with Gasteiger partial charge in [0.15, 0.2) is 0 Å². The van der Waals surface area contributed by atoms with Gasteiger partial charge in [-0.3, -0.25) is 0 Å². The smallest absolute Gasteiger partial charge is 0.120 e. The molecule has 1 N–H and O–H groups in total. The number of hydrogen-bond donors (Lipinski definition) is 1. The lowest BCUT2D eigenvalue weighted by atomic mass is 10.2. The average molecular weight is 289 g/mol. The molecule has 0 bridgehead atoms. The van der Waals surface area contributed by atoms with Gasteiger partial charge in [0, 0.05) is 21.9 Å². The lowest BCUT2D eigenvalue weighted by molar-refractivity contribution is 0.431. The Morgan fingerprint density at radius 3 is 2.95 bits per heavy atom. The first-order chi connectivity index (χ1) is 9.33. The zero-order chi connectivity index (χ0) is 13.1. The topological polar surface area (TPSA) is 25.2 Å². The van der Waals surface area contributed by atoms with Crippen molar-refractivity contribution in [2.45, 2.75) is 19.5 Å². The van der Waals surface area contributed by atoms with Crippen LogP contribution in [0, 0.1) is 0 Å². The number of nitrogens with one attached hydrogen (secondary N) is 1. The molecule has 0 aliphatic rings. The van der Waals surface area contributed by atoms with Crippen molar-refractivity contribution in [2.24, 2.45) is 0 Å². The van der Waals surface area contributed by atoms with Gasteiger partial charge in [-0.2, -0.15) is 0 Å². The van der Waals surface area contributed by atoms with Gasteiger partial charge >= 0.3 is 0 Å². The van der Waals surface area contributed by atoms with Crippen LogP contribution in [0.2, 0.25) is 0 Å². The van der Waals surface area contributed by atoms with Crippen molar-refractivity contribution in [3.63, 3.8) is 0 Å². The molecule has 0 aliphatic carbocycles. The molecule has 4 heteroatoms. The van der Waals surface area contributed by atoms with Crippen LogP contribution >= 0.6 is 22.7 Å². The average Bonchev–Trinajstić information content (AvgIpc) is 3.14. The Morgan fingerprint density at radius 2 is 2.21 bits per heavy atom. The second-order valence-electron chi connectivity index (χ2n) is 4.40. The third-order valence-electron chi connectivity index (χ3n) is 3.01. The predicted octanol–water partition coefficient (Wildman–Crippen LogP) is 4.92.